The average molecular weight is 436 g/mol. The largest absolute Gasteiger partial charge is 0.492 e. The number of nitrogens with two attached hydrogens (primary N) is 1. The van der Waals surface area contributed by atoms with Crippen LogP contribution in [0.3, 0.4) is 0 Å². The SMILES string of the molecule is NC(CCO)(CCO)CCCCOc1ccc(Cl)c2c(=O)c3ccccc3sc12. The summed E-state index contributed by atoms with van der Waals surface area (Å²) < 4.78 is 7.65. The van der Waals surface area contributed by atoms with E-state index in [4.69, 9.17) is 22.1 Å². The van der Waals surface area contributed by atoms with Crippen LogP contribution < -0.4 is 15.9 Å². The number of hydrogen-bond acceptors (Lipinski definition) is 6. The Labute approximate surface area is 178 Å². The van der Waals surface area contributed by atoms with E-state index in [1.165, 1.54) is 11.3 Å². The number of unbranched alkanes of at least 4 members (excludes halogenated alkanes) is 1. The zero-order chi connectivity index (χ0) is 20.9. The van der Waals surface area contributed by atoms with Gasteiger partial charge in [0.05, 0.1) is 21.7 Å². The van der Waals surface area contributed by atoms with Crippen molar-refractivity contribution in [2.24, 2.45) is 5.73 Å². The topological polar surface area (TPSA) is 92.8 Å². The maximum Gasteiger partial charge on any atom is 0.197 e. The summed E-state index contributed by atoms with van der Waals surface area (Å²) in [4.78, 5) is 12.9. The Kier molecular flexibility index (Phi) is 7.49. The van der Waals surface area contributed by atoms with Crippen LogP contribution in [-0.2, 0) is 0 Å². The summed E-state index contributed by atoms with van der Waals surface area (Å²) in [7, 11) is 0. The molecule has 0 radical (unpaired) electrons. The molecule has 0 atom stereocenters. The molecule has 0 aliphatic carbocycles. The molecule has 1 heterocycles. The minimum atomic E-state index is -0.547. The van der Waals surface area contributed by atoms with Crippen molar-refractivity contribution >= 4 is 43.1 Å². The molecule has 156 valence electrons. The van der Waals surface area contributed by atoms with Crippen LogP contribution >= 0.6 is 22.9 Å². The van der Waals surface area contributed by atoms with Crippen LogP contribution in [-0.4, -0.2) is 35.6 Å². The highest BCUT2D eigenvalue weighted by atomic mass is 35.5. The first-order valence-electron chi connectivity index (χ1n) is 9.76. The summed E-state index contributed by atoms with van der Waals surface area (Å²) >= 11 is 7.83. The van der Waals surface area contributed by atoms with Crippen molar-refractivity contribution in [3.05, 3.63) is 51.6 Å². The minimum Gasteiger partial charge on any atom is -0.492 e. The van der Waals surface area contributed by atoms with Crippen molar-refractivity contribution in [2.45, 2.75) is 37.6 Å². The van der Waals surface area contributed by atoms with E-state index in [9.17, 15) is 15.0 Å². The number of ether oxygens (including phenoxy) is 1. The highest BCUT2D eigenvalue weighted by Gasteiger charge is 2.23. The molecule has 0 unspecified atom stereocenters. The van der Waals surface area contributed by atoms with Crippen LogP contribution in [0.2, 0.25) is 5.02 Å². The van der Waals surface area contributed by atoms with Crippen molar-refractivity contribution in [3.8, 4) is 5.75 Å². The zero-order valence-corrected chi connectivity index (χ0v) is 17.8. The highest BCUT2D eigenvalue weighted by molar-refractivity contribution is 7.25. The van der Waals surface area contributed by atoms with Crippen molar-refractivity contribution < 1.29 is 14.9 Å². The molecule has 5 nitrogen and oxygen atoms in total. The first kappa shape index (κ1) is 22.0. The minimum absolute atomic E-state index is 0.0106. The smallest absolute Gasteiger partial charge is 0.197 e. The molecule has 2 aromatic carbocycles. The molecule has 7 heteroatoms. The summed E-state index contributed by atoms with van der Waals surface area (Å²) in [6, 6.07) is 11.0. The van der Waals surface area contributed by atoms with Crippen molar-refractivity contribution in [1.82, 2.24) is 0 Å². The fourth-order valence-electron chi connectivity index (χ4n) is 3.54. The molecular formula is C22H26ClNO4S. The van der Waals surface area contributed by atoms with Gasteiger partial charge in [0.2, 0.25) is 0 Å². The second-order valence-corrected chi connectivity index (χ2v) is 8.75. The molecule has 3 aromatic rings. The van der Waals surface area contributed by atoms with Crippen molar-refractivity contribution in [3.63, 3.8) is 0 Å². The molecule has 0 spiro atoms. The molecule has 0 aliphatic heterocycles. The molecule has 3 rings (SSSR count). The Morgan fingerprint density at radius 3 is 2.48 bits per heavy atom. The number of halogens is 1. The van der Waals surface area contributed by atoms with E-state index >= 15 is 0 Å². The second kappa shape index (κ2) is 9.87. The van der Waals surface area contributed by atoms with E-state index in [2.05, 4.69) is 0 Å². The van der Waals surface area contributed by atoms with Crippen LogP contribution in [0, 0.1) is 0 Å². The van der Waals surface area contributed by atoms with Gasteiger partial charge >= 0.3 is 0 Å². The van der Waals surface area contributed by atoms with Crippen molar-refractivity contribution in [2.75, 3.05) is 19.8 Å². The third kappa shape index (κ3) is 5.08. The summed E-state index contributed by atoms with van der Waals surface area (Å²) in [5.74, 6) is 0.655. The van der Waals surface area contributed by atoms with Gasteiger partial charge in [0, 0.05) is 28.8 Å². The van der Waals surface area contributed by atoms with E-state index < -0.39 is 5.54 Å². The molecule has 0 aliphatic rings. The van der Waals surface area contributed by atoms with Crippen molar-refractivity contribution in [1.29, 1.82) is 0 Å². The van der Waals surface area contributed by atoms with E-state index in [1.54, 1.807) is 12.1 Å². The normalized spacial score (nSPS) is 12.0. The summed E-state index contributed by atoms with van der Waals surface area (Å²) in [6.45, 7) is 0.506. The standard InChI is InChI=1S/C22H26ClNO4S/c23-16-7-8-17(28-14-4-3-9-22(24,10-12-25)11-13-26)21-19(16)20(27)15-5-1-2-6-18(15)29-21/h1-2,5-8,25-26H,3-4,9-14,24H2. The lowest BCUT2D eigenvalue weighted by Crippen LogP contribution is -2.41. The Balaban J connectivity index is 1.73. The van der Waals surface area contributed by atoms with Gasteiger partial charge < -0.3 is 20.7 Å². The van der Waals surface area contributed by atoms with Gasteiger partial charge in [-0.05, 0) is 56.4 Å². The van der Waals surface area contributed by atoms with E-state index in [0.29, 0.717) is 47.4 Å². The average Bonchev–Trinajstić information content (AvgIpc) is 2.70. The maximum absolute atomic E-state index is 12.9. The lowest BCUT2D eigenvalue weighted by atomic mass is 9.87. The number of aliphatic hydroxyl groups is 2. The summed E-state index contributed by atoms with van der Waals surface area (Å²) in [5.41, 5.74) is 5.64. The predicted octanol–water partition coefficient (Wildman–Crippen LogP) is 4.08. The number of benzene rings is 2. The summed E-state index contributed by atoms with van der Waals surface area (Å²) in [5, 5.41) is 20.0. The van der Waals surface area contributed by atoms with E-state index in [0.717, 1.165) is 22.2 Å². The second-order valence-electron chi connectivity index (χ2n) is 7.29. The van der Waals surface area contributed by atoms with Crippen LogP contribution in [0.25, 0.3) is 20.2 Å². The lowest BCUT2D eigenvalue weighted by Gasteiger charge is -2.28. The molecule has 0 fully saturated rings. The Morgan fingerprint density at radius 2 is 1.76 bits per heavy atom. The molecule has 1 aromatic heterocycles. The van der Waals surface area contributed by atoms with Gasteiger partial charge in [-0.25, -0.2) is 0 Å². The number of fused-ring (bicyclic) bond motifs is 2. The van der Waals surface area contributed by atoms with E-state index in [-0.39, 0.29) is 18.6 Å². The highest BCUT2D eigenvalue weighted by Crippen LogP contribution is 2.35. The Hall–Kier alpha value is -1.70. The monoisotopic (exact) mass is 435 g/mol. The van der Waals surface area contributed by atoms with Gasteiger partial charge in [-0.1, -0.05) is 23.7 Å². The Bertz CT molecular complexity index is 1030. The molecule has 0 saturated heterocycles. The molecule has 29 heavy (non-hydrogen) atoms. The maximum atomic E-state index is 12.9. The first-order chi connectivity index (χ1) is 14.0. The molecular weight excluding hydrogens is 410 g/mol. The molecule has 0 amide bonds. The first-order valence-corrected chi connectivity index (χ1v) is 11.0. The van der Waals surface area contributed by atoms with Crippen LogP contribution in [0.15, 0.2) is 41.2 Å². The van der Waals surface area contributed by atoms with Gasteiger partial charge in [0.1, 0.15) is 5.75 Å². The fourth-order valence-corrected chi connectivity index (χ4v) is 5.00. The summed E-state index contributed by atoms with van der Waals surface area (Å²) in [6.07, 6.45) is 3.24. The molecule has 4 N–H and O–H groups in total. The third-order valence-electron chi connectivity index (χ3n) is 5.19. The van der Waals surface area contributed by atoms with Crippen LogP contribution in [0.4, 0.5) is 0 Å². The van der Waals surface area contributed by atoms with Gasteiger partial charge in [-0.15, -0.1) is 11.3 Å². The lowest BCUT2D eigenvalue weighted by molar-refractivity contribution is 0.181. The van der Waals surface area contributed by atoms with Crippen LogP contribution in [0.5, 0.6) is 5.75 Å². The number of rotatable bonds is 10. The third-order valence-corrected chi connectivity index (χ3v) is 6.69. The van der Waals surface area contributed by atoms with Gasteiger partial charge in [0.15, 0.2) is 5.43 Å². The van der Waals surface area contributed by atoms with Gasteiger partial charge in [-0.2, -0.15) is 0 Å². The predicted molar refractivity (Wildman–Crippen MR) is 120 cm³/mol. The molecule has 0 bridgehead atoms. The number of hydrogen-bond donors (Lipinski definition) is 3. The quantitative estimate of drug-likeness (QED) is 0.329. The van der Waals surface area contributed by atoms with Gasteiger partial charge in [0.25, 0.3) is 0 Å². The van der Waals surface area contributed by atoms with Crippen LogP contribution in [0.1, 0.15) is 32.1 Å². The molecule has 0 saturated carbocycles. The Morgan fingerprint density at radius 1 is 1.03 bits per heavy atom. The zero-order valence-electron chi connectivity index (χ0n) is 16.2. The van der Waals surface area contributed by atoms with Gasteiger partial charge in [-0.3, -0.25) is 4.79 Å². The fraction of sp³-hybridized carbons (Fsp3) is 0.409. The number of aliphatic hydroxyl groups excluding tert-OH is 2. The van der Waals surface area contributed by atoms with E-state index in [1.807, 2.05) is 24.3 Å².